The van der Waals surface area contributed by atoms with Crippen molar-refractivity contribution in [3.05, 3.63) is 69.6 Å². The topological polar surface area (TPSA) is 99.3 Å². The van der Waals surface area contributed by atoms with E-state index in [1.165, 1.54) is 6.20 Å². The second kappa shape index (κ2) is 14.1. The number of amides is 1. The molecule has 1 amide bonds. The normalized spacial score (nSPS) is 21.9. The number of ether oxygens (including phenoxy) is 1. The summed E-state index contributed by atoms with van der Waals surface area (Å²) >= 11 is 0. The molecule has 12 heteroatoms. The number of rotatable bonds is 12. The predicted octanol–water partition coefficient (Wildman–Crippen LogP) is 4.97. The second-order valence-electron chi connectivity index (χ2n) is 9.97. The van der Waals surface area contributed by atoms with Gasteiger partial charge < -0.3 is 23.9 Å². The van der Waals surface area contributed by atoms with Crippen LogP contribution in [-0.2, 0) is 13.8 Å². The lowest BCUT2D eigenvalue weighted by atomic mass is 10.0. The van der Waals surface area contributed by atoms with E-state index in [-0.39, 0.29) is 37.7 Å². The van der Waals surface area contributed by atoms with Crippen LogP contribution in [0, 0.1) is 19.4 Å². The van der Waals surface area contributed by atoms with E-state index in [1.807, 2.05) is 27.7 Å². The van der Waals surface area contributed by atoms with Crippen molar-refractivity contribution in [2.75, 3.05) is 25.1 Å². The second-order valence-corrected chi connectivity index (χ2v) is 11.4. The summed E-state index contributed by atoms with van der Waals surface area (Å²) < 4.78 is 36.7. The number of carbonyl (C=O) groups excluding carboxylic acids is 1. The van der Waals surface area contributed by atoms with E-state index in [1.54, 1.807) is 44.2 Å². The summed E-state index contributed by atoms with van der Waals surface area (Å²) in [5.41, 5.74) is 0.179. The highest BCUT2D eigenvalue weighted by Gasteiger charge is 2.45. The highest BCUT2D eigenvalue weighted by molar-refractivity contribution is 7.44. The molecule has 0 bridgehead atoms. The first-order chi connectivity index (χ1) is 18.5. The van der Waals surface area contributed by atoms with Crippen LogP contribution in [0.25, 0.3) is 4.85 Å². The average molecular weight is 562 g/mol. The molecule has 0 aliphatic carbocycles. The molecule has 0 saturated carbocycles. The summed E-state index contributed by atoms with van der Waals surface area (Å²) in [5.74, 6) is -0.857. The Balaban J connectivity index is 1.73. The van der Waals surface area contributed by atoms with Crippen molar-refractivity contribution in [2.24, 2.45) is 5.92 Å². The Labute approximate surface area is 230 Å². The zero-order valence-electron chi connectivity index (χ0n) is 23.2. The standard InChI is InChI=1S/C27H37FN5O5P/c1-17(2)33(18(3)4)39(36-14-13-29-7)37-16-22-20(6)23(28)26(38-22)32-15-19(5)24(31-27(32)35)30-25(34)21-11-9-8-10-12-21/h8-12,15,17-18,20,22-23,26H,13-14,16H2,1-6H3,(H,30,31,34,35)/t20-,22-,23-,26-,39?/m1/s1. The smallest absolute Gasteiger partial charge is 0.349 e. The van der Waals surface area contributed by atoms with Gasteiger partial charge in [0.25, 0.3) is 14.4 Å². The van der Waals surface area contributed by atoms with Crippen molar-refractivity contribution < 1.29 is 23.0 Å². The SMILES string of the molecule is [C-]#[N+]CCOP(OC[C@H]1O[C@@H](n2cc(C)c(NC(=O)c3ccccc3)nc2=O)[C@H](F)[C@@H]1C)N(C(C)C)C(C)C. The number of halogens is 1. The van der Waals surface area contributed by atoms with Gasteiger partial charge in [-0.3, -0.25) is 9.36 Å². The van der Waals surface area contributed by atoms with E-state index >= 15 is 4.39 Å². The van der Waals surface area contributed by atoms with E-state index in [4.69, 9.17) is 20.4 Å². The minimum absolute atomic E-state index is 0.0596. The van der Waals surface area contributed by atoms with Crippen LogP contribution < -0.4 is 11.0 Å². The van der Waals surface area contributed by atoms with Crippen LogP contribution in [0.2, 0.25) is 0 Å². The minimum Gasteiger partial charge on any atom is -0.349 e. The zero-order valence-corrected chi connectivity index (χ0v) is 24.1. The number of hydrogen-bond donors (Lipinski definition) is 1. The van der Waals surface area contributed by atoms with Crippen molar-refractivity contribution >= 4 is 20.3 Å². The van der Waals surface area contributed by atoms with E-state index in [9.17, 15) is 9.59 Å². The number of nitrogens with zero attached hydrogens (tertiary/aromatic N) is 4. The fourth-order valence-electron chi connectivity index (χ4n) is 4.34. The summed E-state index contributed by atoms with van der Waals surface area (Å²) in [6.07, 6.45) is -1.86. The number of alkyl halides is 1. The maximum Gasteiger partial charge on any atom is 0.351 e. The predicted molar refractivity (Wildman–Crippen MR) is 148 cm³/mol. The number of carbonyl (C=O) groups is 1. The van der Waals surface area contributed by atoms with Crippen molar-refractivity contribution in [2.45, 2.75) is 72.1 Å². The average Bonchev–Trinajstić information content (AvgIpc) is 3.17. The lowest BCUT2D eigenvalue weighted by Gasteiger charge is -2.35. The van der Waals surface area contributed by atoms with Crippen molar-refractivity contribution in [1.82, 2.24) is 14.2 Å². The molecule has 1 aliphatic rings. The number of nitrogens with one attached hydrogen (secondary N) is 1. The van der Waals surface area contributed by atoms with Gasteiger partial charge in [-0.2, -0.15) is 4.98 Å². The van der Waals surface area contributed by atoms with Gasteiger partial charge in [0.1, 0.15) is 12.4 Å². The molecule has 39 heavy (non-hydrogen) atoms. The van der Waals surface area contributed by atoms with Gasteiger partial charge in [0.15, 0.2) is 12.4 Å². The van der Waals surface area contributed by atoms with Crippen LogP contribution in [-0.4, -0.2) is 64.2 Å². The summed E-state index contributed by atoms with van der Waals surface area (Å²) in [7, 11) is -1.51. The van der Waals surface area contributed by atoms with E-state index in [0.717, 1.165) is 4.57 Å². The lowest BCUT2D eigenvalue weighted by Crippen LogP contribution is -2.35. The maximum atomic E-state index is 15.4. The third-order valence-electron chi connectivity index (χ3n) is 6.35. The molecule has 5 atom stereocenters. The molecule has 2 aromatic rings. The first-order valence-electron chi connectivity index (χ1n) is 13.0. The molecule has 10 nitrogen and oxygen atoms in total. The number of anilines is 1. The number of aromatic nitrogens is 2. The van der Waals surface area contributed by atoms with E-state index < -0.39 is 44.5 Å². The molecule has 0 spiro atoms. The molecule has 3 rings (SSSR count). The van der Waals surface area contributed by atoms with Crippen LogP contribution >= 0.6 is 8.53 Å². The third kappa shape index (κ3) is 7.68. The van der Waals surface area contributed by atoms with Gasteiger partial charge in [-0.15, -0.1) is 0 Å². The molecule has 1 aromatic carbocycles. The van der Waals surface area contributed by atoms with Crippen LogP contribution in [0.4, 0.5) is 10.2 Å². The Morgan fingerprint density at radius 3 is 2.54 bits per heavy atom. The number of benzene rings is 1. The monoisotopic (exact) mass is 561 g/mol. The third-order valence-corrected chi connectivity index (χ3v) is 8.43. The molecule has 0 radical (unpaired) electrons. The summed E-state index contributed by atoms with van der Waals surface area (Å²) in [5, 5.41) is 2.64. The van der Waals surface area contributed by atoms with Gasteiger partial charge in [0.05, 0.1) is 12.7 Å². The molecule has 1 aromatic heterocycles. The van der Waals surface area contributed by atoms with Gasteiger partial charge in [-0.05, 0) is 46.8 Å². The fraction of sp³-hybridized carbons (Fsp3) is 0.556. The van der Waals surface area contributed by atoms with Crippen molar-refractivity contribution in [3.8, 4) is 0 Å². The quantitative estimate of drug-likeness (QED) is 0.222. The van der Waals surface area contributed by atoms with Crippen LogP contribution in [0.1, 0.15) is 56.8 Å². The molecule has 1 fully saturated rings. The molecular formula is C27H37FN5O5P. The molecule has 1 N–H and O–H groups in total. The van der Waals surface area contributed by atoms with Gasteiger partial charge in [-0.25, -0.2) is 20.4 Å². The molecule has 1 aliphatic heterocycles. The van der Waals surface area contributed by atoms with Crippen molar-refractivity contribution in [1.29, 1.82) is 0 Å². The Hall–Kier alpha value is -2.74. The zero-order chi connectivity index (χ0) is 28.7. The highest BCUT2D eigenvalue weighted by Crippen LogP contribution is 2.47. The van der Waals surface area contributed by atoms with Crippen LogP contribution in [0.3, 0.4) is 0 Å². The molecule has 212 valence electrons. The van der Waals surface area contributed by atoms with Gasteiger partial charge >= 0.3 is 5.69 Å². The first-order valence-corrected chi connectivity index (χ1v) is 14.1. The van der Waals surface area contributed by atoms with Crippen LogP contribution in [0.5, 0.6) is 0 Å². The lowest BCUT2D eigenvalue weighted by molar-refractivity contribution is -0.0398. The molecule has 1 saturated heterocycles. The molecule has 2 heterocycles. The summed E-state index contributed by atoms with van der Waals surface area (Å²) in [6, 6.07) is 8.82. The van der Waals surface area contributed by atoms with E-state index in [2.05, 4.69) is 19.8 Å². The Morgan fingerprint density at radius 2 is 1.92 bits per heavy atom. The van der Waals surface area contributed by atoms with Crippen molar-refractivity contribution in [3.63, 3.8) is 0 Å². The Kier molecular flexibility index (Phi) is 11.1. The summed E-state index contributed by atoms with van der Waals surface area (Å²) in [6.45, 7) is 19.0. The van der Waals surface area contributed by atoms with Gasteiger partial charge in [-0.1, -0.05) is 25.1 Å². The Bertz CT molecular complexity index is 1200. The maximum absolute atomic E-state index is 15.4. The van der Waals surface area contributed by atoms with Gasteiger partial charge in [0.2, 0.25) is 6.54 Å². The molecular weight excluding hydrogens is 524 g/mol. The Morgan fingerprint density at radius 1 is 1.26 bits per heavy atom. The summed E-state index contributed by atoms with van der Waals surface area (Å²) in [4.78, 5) is 32.7. The minimum atomic E-state index is -1.51. The molecule has 1 unspecified atom stereocenters. The largest absolute Gasteiger partial charge is 0.351 e. The van der Waals surface area contributed by atoms with Crippen LogP contribution in [0.15, 0.2) is 41.3 Å². The number of hydrogen-bond acceptors (Lipinski definition) is 7. The highest BCUT2D eigenvalue weighted by atomic mass is 31.2. The number of aryl methyl sites for hydroxylation is 1. The van der Waals surface area contributed by atoms with Gasteiger partial charge in [0, 0.05) is 35.3 Å². The van der Waals surface area contributed by atoms with E-state index in [0.29, 0.717) is 11.1 Å². The fourth-order valence-corrected chi connectivity index (χ4v) is 5.95. The first kappa shape index (κ1) is 30.8.